The quantitative estimate of drug-likeness (QED) is 0.918. The Morgan fingerprint density at radius 1 is 1.35 bits per heavy atom. The zero-order valence-electron chi connectivity index (χ0n) is 10.9. The second-order valence-electron chi connectivity index (χ2n) is 3.83. The third-order valence-electron chi connectivity index (χ3n) is 2.66. The number of rotatable bonds is 5. The van der Waals surface area contributed by atoms with E-state index < -0.39 is 0 Å². The van der Waals surface area contributed by atoms with E-state index in [0.29, 0.717) is 28.6 Å². The van der Waals surface area contributed by atoms with E-state index in [1.807, 2.05) is 24.3 Å². The van der Waals surface area contributed by atoms with Gasteiger partial charge in [0.25, 0.3) is 0 Å². The zero-order chi connectivity index (χ0) is 14.5. The van der Waals surface area contributed by atoms with Crippen molar-refractivity contribution in [2.24, 2.45) is 0 Å². The second-order valence-corrected chi connectivity index (χ2v) is 4.96. The second kappa shape index (κ2) is 6.46. The molecule has 1 N–H and O–H groups in total. The van der Waals surface area contributed by atoms with Crippen molar-refractivity contribution < 1.29 is 9.47 Å². The largest absolute Gasteiger partial charge is 0.493 e. The molecule has 0 bridgehead atoms. The summed E-state index contributed by atoms with van der Waals surface area (Å²) in [6, 6.07) is 7.66. The monoisotopic (exact) mass is 309 g/mol. The topological polar surface area (TPSA) is 67.2 Å². The maximum absolute atomic E-state index is 8.99. The van der Waals surface area contributed by atoms with Crippen LogP contribution in [0.2, 0.25) is 5.15 Å². The molecular formula is C13H12ClN3O2S. The molecule has 0 atom stereocenters. The summed E-state index contributed by atoms with van der Waals surface area (Å²) in [6.45, 7) is 0.535. The number of benzene rings is 1. The summed E-state index contributed by atoms with van der Waals surface area (Å²) in [5, 5.41) is 13.0. The van der Waals surface area contributed by atoms with Gasteiger partial charge in [-0.2, -0.15) is 9.64 Å². The molecule has 104 valence electrons. The zero-order valence-corrected chi connectivity index (χ0v) is 12.5. The van der Waals surface area contributed by atoms with Crippen molar-refractivity contribution in [1.29, 1.82) is 5.26 Å². The van der Waals surface area contributed by atoms with E-state index in [-0.39, 0.29) is 5.15 Å². The third-order valence-corrected chi connectivity index (χ3v) is 3.84. The molecule has 2 aromatic rings. The number of anilines is 1. The fraction of sp³-hybridized carbons (Fsp3) is 0.231. The molecule has 1 heterocycles. The molecule has 0 saturated carbocycles. The van der Waals surface area contributed by atoms with E-state index in [1.165, 1.54) is 11.5 Å². The van der Waals surface area contributed by atoms with Gasteiger partial charge in [0.15, 0.2) is 16.7 Å². The van der Waals surface area contributed by atoms with Crippen LogP contribution in [0.4, 0.5) is 5.00 Å². The molecule has 5 nitrogen and oxygen atoms in total. The molecule has 0 spiro atoms. The number of hydrogen-bond donors (Lipinski definition) is 1. The number of ether oxygens (including phenoxy) is 2. The first-order chi connectivity index (χ1) is 9.69. The molecule has 1 aromatic carbocycles. The third kappa shape index (κ3) is 2.95. The molecule has 0 aliphatic carbocycles. The van der Waals surface area contributed by atoms with Crippen LogP contribution in [0.25, 0.3) is 0 Å². The summed E-state index contributed by atoms with van der Waals surface area (Å²) in [5.74, 6) is 1.34. The lowest BCUT2D eigenvalue weighted by molar-refractivity contribution is 0.354. The van der Waals surface area contributed by atoms with Crippen LogP contribution in [-0.4, -0.2) is 18.6 Å². The van der Waals surface area contributed by atoms with Crippen molar-refractivity contribution in [3.05, 3.63) is 34.5 Å². The van der Waals surface area contributed by atoms with Crippen molar-refractivity contribution in [2.75, 3.05) is 19.5 Å². The average Bonchev–Trinajstić information content (AvgIpc) is 2.84. The molecule has 2 rings (SSSR count). The van der Waals surface area contributed by atoms with Crippen LogP contribution >= 0.6 is 23.1 Å². The fourth-order valence-corrected chi connectivity index (χ4v) is 2.59. The highest BCUT2D eigenvalue weighted by Gasteiger charge is 2.11. The number of nitriles is 1. The molecule has 0 radical (unpaired) electrons. The van der Waals surface area contributed by atoms with Crippen LogP contribution in [0.1, 0.15) is 11.1 Å². The van der Waals surface area contributed by atoms with Gasteiger partial charge in [-0.05, 0) is 29.2 Å². The van der Waals surface area contributed by atoms with Gasteiger partial charge in [-0.1, -0.05) is 17.7 Å². The van der Waals surface area contributed by atoms with Crippen LogP contribution < -0.4 is 14.8 Å². The van der Waals surface area contributed by atoms with E-state index in [9.17, 15) is 0 Å². The summed E-state index contributed by atoms with van der Waals surface area (Å²) >= 11 is 6.98. The van der Waals surface area contributed by atoms with E-state index >= 15 is 0 Å². The Hall–Kier alpha value is -1.97. The van der Waals surface area contributed by atoms with E-state index in [4.69, 9.17) is 26.3 Å². The maximum Gasteiger partial charge on any atom is 0.162 e. The number of aromatic nitrogens is 1. The van der Waals surface area contributed by atoms with E-state index in [2.05, 4.69) is 9.69 Å². The summed E-state index contributed by atoms with van der Waals surface area (Å²) in [7, 11) is 3.18. The summed E-state index contributed by atoms with van der Waals surface area (Å²) in [4.78, 5) is 0. The van der Waals surface area contributed by atoms with Crippen LogP contribution in [0.3, 0.4) is 0 Å². The molecule has 1 aromatic heterocycles. The van der Waals surface area contributed by atoms with Gasteiger partial charge >= 0.3 is 0 Å². The van der Waals surface area contributed by atoms with Gasteiger partial charge in [0.1, 0.15) is 16.6 Å². The summed E-state index contributed by atoms with van der Waals surface area (Å²) < 4.78 is 14.4. The van der Waals surface area contributed by atoms with Crippen molar-refractivity contribution in [3.63, 3.8) is 0 Å². The highest BCUT2D eigenvalue weighted by Crippen LogP contribution is 2.30. The molecular weight excluding hydrogens is 298 g/mol. The molecule has 0 aliphatic rings. The highest BCUT2D eigenvalue weighted by atomic mass is 35.5. The Labute approximate surface area is 125 Å². The normalized spacial score (nSPS) is 9.90. The lowest BCUT2D eigenvalue weighted by atomic mass is 10.2. The van der Waals surface area contributed by atoms with Crippen molar-refractivity contribution in [2.45, 2.75) is 6.54 Å². The Bertz CT molecular complexity index is 652. The molecule has 20 heavy (non-hydrogen) atoms. The van der Waals surface area contributed by atoms with Crippen molar-refractivity contribution in [3.8, 4) is 17.6 Å². The Morgan fingerprint density at radius 3 is 2.75 bits per heavy atom. The van der Waals surface area contributed by atoms with Crippen molar-refractivity contribution >= 4 is 28.1 Å². The van der Waals surface area contributed by atoms with Crippen LogP contribution in [0, 0.1) is 11.3 Å². The average molecular weight is 310 g/mol. The van der Waals surface area contributed by atoms with Gasteiger partial charge in [-0.15, -0.1) is 0 Å². The highest BCUT2D eigenvalue weighted by molar-refractivity contribution is 7.10. The maximum atomic E-state index is 8.99. The van der Waals surface area contributed by atoms with Gasteiger partial charge < -0.3 is 14.8 Å². The molecule has 0 amide bonds. The molecule has 0 fully saturated rings. The first kappa shape index (κ1) is 14.4. The van der Waals surface area contributed by atoms with Gasteiger partial charge in [0.05, 0.1) is 14.2 Å². The van der Waals surface area contributed by atoms with Crippen molar-refractivity contribution in [1.82, 2.24) is 4.37 Å². The van der Waals surface area contributed by atoms with Crippen LogP contribution in [0.15, 0.2) is 18.2 Å². The lowest BCUT2D eigenvalue weighted by Crippen LogP contribution is -2.00. The molecule has 0 unspecified atom stereocenters. The minimum Gasteiger partial charge on any atom is -0.493 e. The molecule has 7 heteroatoms. The smallest absolute Gasteiger partial charge is 0.162 e. The predicted octanol–water partition coefficient (Wildman–Crippen LogP) is 3.30. The Kier molecular flexibility index (Phi) is 4.66. The van der Waals surface area contributed by atoms with Gasteiger partial charge in [-0.25, -0.2) is 0 Å². The lowest BCUT2D eigenvalue weighted by Gasteiger charge is -2.10. The van der Waals surface area contributed by atoms with E-state index in [0.717, 1.165) is 5.56 Å². The summed E-state index contributed by atoms with van der Waals surface area (Å²) in [5.41, 5.74) is 1.37. The SMILES string of the molecule is COc1ccc(CNc2snc(Cl)c2C#N)cc1OC. The number of nitrogens with zero attached hydrogens (tertiary/aromatic N) is 2. The Morgan fingerprint density at radius 2 is 2.10 bits per heavy atom. The first-order valence-corrected chi connectivity index (χ1v) is 6.84. The summed E-state index contributed by atoms with van der Waals surface area (Å²) in [6.07, 6.45) is 0. The van der Waals surface area contributed by atoms with E-state index in [1.54, 1.807) is 14.2 Å². The number of methoxy groups -OCH3 is 2. The van der Waals surface area contributed by atoms with Crippen LogP contribution in [-0.2, 0) is 6.54 Å². The number of nitrogens with one attached hydrogen (secondary N) is 1. The van der Waals surface area contributed by atoms with Gasteiger partial charge in [0.2, 0.25) is 0 Å². The first-order valence-electron chi connectivity index (χ1n) is 5.69. The molecule has 0 aliphatic heterocycles. The standard InChI is InChI=1S/C13H12ClN3O2S/c1-18-10-4-3-8(5-11(10)19-2)7-16-13-9(6-15)12(14)17-20-13/h3-5,16H,7H2,1-2H3. The number of halogens is 1. The minimum atomic E-state index is 0.229. The van der Waals surface area contributed by atoms with Crippen LogP contribution in [0.5, 0.6) is 11.5 Å². The molecule has 0 saturated heterocycles. The number of hydrogen-bond acceptors (Lipinski definition) is 6. The minimum absolute atomic E-state index is 0.229. The Balaban J connectivity index is 2.13. The van der Waals surface area contributed by atoms with Gasteiger partial charge in [0, 0.05) is 6.54 Å². The van der Waals surface area contributed by atoms with Gasteiger partial charge in [-0.3, -0.25) is 0 Å². The fourth-order valence-electron chi connectivity index (χ4n) is 1.66. The predicted molar refractivity (Wildman–Crippen MR) is 78.7 cm³/mol.